The number of ether oxygens (including phenoxy) is 1. The summed E-state index contributed by atoms with van der Waals surface area (Å²) < 4.78 is 5.07. The van der Waals surface area contributed by atoms with Crippen LogP contribution in [0.5, 0.6) is 0 Å². The zero-order valence-electron chi connectivity index (χ0n) is 9.76. The van der Waals surface area contributed by atoms with E-state index in [-0.39, 0.29) is 11.8 Å². The molecule has 1 rings (SSSR count). The highest BCUT2D eigenvalue weighted by molar-refractivity contribution is 5.68. The van der Waals surface area contributed by atoms with Crippen molar-refractivity contribution in [3.05, 3.63) is 11.3 Å². The van der Waals surface area contributed by atoms with Gasteiger partial charge in [-0.15, -0.1) is 0 Å². The van der Waals surface area contributed by atoms with Gasteiger partial charge in [0.2, 0.25) is 0 Å². The molecule has 0 spiro atoms. The van der Waals surface area contributed by atoms with Gasteiger partial charge in [0.15, 0.2) is 0 Å². The molecule has 15 heavy (non-hydrogen) atoms. The summed E-state index contributed by atoms with van der Waals surface area (Å²) in [5, 5.41) is 12.2. The first-order valence-corrected chi connectivity index (χ1v) is 5.20. The highest BCUT2D eigenvalue weighted by Gasteiger charge is 2.24. The first kappa shape index (κ1) is 11.9. The smallest absolute Gasteiger partial charge is 0.408 e. The van der Waals surface area contributed by atoms with Crippen molar-refractivity contribution < 1.29 is 14.6 Å². The van der Waals surface area contributed by atoms with E-state index >= 15 is 0 Å². The van der Waals surface area contributed by atoms with Crippen LogP contribution in [-0.4, -0.2) is 22.8 Å². The number of hydrogen-bond acceptors (Lipinski definition) is 3. The quantitative estimate of drug-likeness (QED) is 0.693. The van der Waals surface area contributed by atoms with Crippen molar-refractivity contribution >= 4 is 6.09 Å². The molecule has 1 saturated carbocycles. The van der Waals surface area contributed by atoms with E-state index in [1.165, 1.54) is 0 Å². The summed E-state index contributed by atoms with van der Waals surface area (Å²) >= 11 is 0. The highest BCUT2D eigenvalue weighted by atomic mass is 16.6. The fraction of sp³-hybridized carbons (Fsp3) is 0.727. The molecule has 0 aromatic heterocycles. The van der Waals surface area contributed by atoms with E-state index < -0.39 is 11.7 Å². The highest BCUT2D eigenvalue weighted by Crippen LogP contribution is 2.31. The SMILES string of the molecule is CC(NC(=O)OC(C)(C)C)C(O)=C1CC1. The van der Waals surface area contributed by atoms with Crippen LogP contribution in [0.4, 0.5) is 4.79 Å². The van der Waals surface area contributed by atoms with Crippen LogP contribution < -0.4 is 5.32 Å². The fourth-order valence-electron chi connectivity index (χ4n) is 1.18. The van der Waals surface area contributed by atoms with Crippen molar-refractivity contribution in [2.45, 2.75) is 52.2 Å². The topological polar surface area (TPSA) is 58.6 Å². The second kappa shape index (κ2) is 4.13. The molecule has 0 aromatic rings. The maximum Gasteiger partial charge on any atom is 0.408 e. The summed E-state index contributed by atoms with van der Waals surface area (Å²) in [7, 11) is 0. The van der Waals surface area contributed by atoms with E-state index in [1.807, 2.05) is 0 Å². The van der Waals surface area contributed by atoms with Crippen molar-refractivity contribution in [2.24, 2.45) is 0 Å². The van der Waals surface area contributed by atoms with Crippen molar-refractivity contribution in [3.8, 4) is 0 Å². The summed E-state index contributed by atoms with van der Waals surface area (Å²) in [6.07, 6.45) is 1.38. The Labute approximate surface area is 90.3 Å². The van der Waals surface area contributed by atoms with Crippen LogP contribution in [0.3, 0.4) is 0 Å². The number of allylic oxidation sites excluding steroid dienone is 1. The number of alkyl carbamates (subject to hydrolysis) is 1. The minimum atomic E-state index is -0.508. The Balaban J connectivity index is 2.41. The lowest BCUT2D eigenvalue weighted by Gasteiger charge is -2.21. The normalized spacial score (nSPS) is 16.9. The average molecular weight is 213 g/mol. The number of aliphatic hydroxyl groups excluding tert-OH is 1. The van der Waals surface area contributed by atoms with Crippen LogP contribution in [0.2, 0.25) is 0 Å². The summed E-state index contributed by atoms with van der Waals surface area (Å²) in [5.74, 6) is 0.279. The number of aliphatic hydroxyl groups is 1. The molecular weight excluding hydrogens is 194 g/mol. The molecule has 2 N–H and O–H groups in total. The Bertz CT molecular complexity index is 283. The molecule has 0 aromatic carbocycles. The predicted molar refractivity (Wildman–Crippen MR) is 57.7 cm³/mol. The molecule has 1 atom stereocenters. The number of amides is 1. The van der Waals surface area contributed by atoms with Gasteiger partial charge in [-0.2, -0.15) is 0 Å². The first-order chi connectivity index (χ1) is 6.79. The molecule has 1 aliphatic rings. The molecule has 0 heterocycles. The molecule has 0 bridgehead atoms. The van der Waals surface area contributed by atoms with Gasteiger partial charge in [-0.1, -0.05) is 0 Å². The van der Waals surface area contributed by atoms with Gasteiger partial charge in [-0.05, 0) is 46.1 Å². The van der Waals surface area contributed by atoms with E-state index in [0.29, 0.717) is 0 Å². The lowest BCUT2D eigenvalue weighted by molar-refractivity contribution is 0.0506. The average Bonchev–Trinajstić information content (AvgIpc) is 2.80. The van der Waals surface area contributed by atoms with Gasteiger partial charge in [0, 0.05) is 0 Å². The summed E-state index contributed by atoms with van der Waals surface area (Å²) in [4.78, 5) is 11.3. The lowest BCUT2D eigenvalue weighted by Crippen LogP contribution is -2.38. The molecule has 0 aliphatic heterocycles. The molecule has 1 aliphatic carbocycles. The first-order valence-electron chi connectivity index (χ1n) is 5.20. The standard InChI is InChI=1S/C11H19NO3/c1-7(9(13)8-5-6-8)12-10(14)15-11(2,3)4/h7,13H,5-6H2,1-4H3,(H,12,14). The van der Waals surface area contributed by atoms with Crippen molar-refractivity contribution in [2.75, 3.05) is 0 Å². The molecule has 1 amide bonds. The van der Waals surface area contributed by atoms with Gasteiger partial charge in [-0.25, -0.2) is 4.79 Å². The van der Waals surface area contributed by atoms with Crippen LogP contribution in [0.25, 0.3) is 0 Å². The lowest BCUT2D eigenvalue weighted by atomic mass is 10.2. The molecule has 1 fully saturated rings. The number of nitrogens with one attached hydrogen (secondary N) is 1. The zero-order chi connectivity index (χ0) is 11.6. The third-order valence-corrected chi connectivity index (χ3v) is 2.01. The second-order valence-corrected chi connectivity index (χ2v) is 4.86. The molecule has 4 heteroatoms. The van der Waals surface area contributed by atoms with E-state index in [0.717, 1.165) is 18.4 Å². The fourth-order valence-corrected chi connectivity index (χ4v) is 1.18. The minimum absolute atomic E-state index is 0.279. The molecule has 1 unspecified atom stereocenters. The Hall–Kier alpha value is -1.19. The van der Waals surface area contributed by atoms with E-state index in [4.69, 9.17) is 4.74 Å². The van der Waals surface area contributed by atoms with Gasteiger partial charge in [-0.3, -0.25) is 0 Å². The van der Waals surface area contributed by atoms with Crippen LogP contribution in [0.15, 0.2) is 11.3 Å². The van der Waals surface area contributed by atoms with Gasteiger partial charge < -0.3 is 15.2 Å². The molecular formula is C11H19NO3. The Morgan fingerprint density at radius 3 is 2.40 bits per heavy atom. The summed E-state index contributed by atoms with van der Waals surface area (Å²) in [6, 6.07) is -0.364. The van der Waals surface area contributed by atoms with Gasteiger partial charge in [0.05, 0.1) is 6.04 Å². The monoisotopic (exact) mass is 213 g/mol. The summed E-state index contributed by atoms with van der Waals surface area (Å²) in [6.45, 7) is 7.15. The minimum Gasteiger partial charge on any atom is -0.510 e. The molecule has 0 radical (unpaired) electrons. The Morgan fingerprint density at radius 1 is 1.47 bits per heavy atom. The zero-order valence-corrected chi connectivity index (χ0v) is 9.76. The van der Waals surface area contributed by atoms with E-state index in [9.17, 15) is 9.90 Å². The van der Waals surface area contributed by atoms with Crippen LogP contribution in [-0.2, 0) is 4.74 Å². The number of carbonyl (C=O) groups excluding carboxylic acids is 1. The number of rotatable bonds is 2. The third kappa shape index (κ3) is 4.23. The molecule has 4 nitrogen and oxygen atoms in total. The second-order valence-electron chi connectivity index (χ2n) is 4.86. The van der Waals surface area contributed by atoms with Crippen molar-refractivity contribution in [1.82, 2.24) is 5.32 Å². The van der Waals surface area contributed by atoms with Crippen molar-refractivity contribution in [1.29, 1.82) is 0 Å². The van der Waals surface area contributed by atoms with E-state index in [2.05, 4.69) is 5.32 Å². The predicted octanol–water partition coefficient (Wildman–Crippen LogP) is 2.51. The number of carbonyl (C=O) groups is 1. The van der Waals surface area contributed by atoms with Crippen LogP contribution in [0.1, 0.15) is 40.5 Å². The maximum absolute atomic E-state index is 11.3. The van der Waals surface area contributed by atoms with Crippen LogP contribution >= 0.6 is 0 Å². The number of hydrogen-bond donors (Lipinski definition) is 2. The van der Waals surface area contributed by atoms with Gasteiger partial charge in [0.1, 0.15) is 11.4 Å². The molecule has 0 saturated heterocycles. The summed E-state index contributed by atoms with van der Waals surface area (Å²) in [5.41, 5.74) is 0.519. The van der Waals surface area contributed by atoms with Gasteiger partial charge >= 0.3 is 6.09 Å². The van der Waals surface area contributed by atoms with Gasteiger partial charge in [0.25, 0.3) is 0 Å². The maximum atomic E-state index is 11.3. The molecule has 86 valence electrons. The van der Waals surface area contributed by atoms with Crippen molar-refractivity contribution in [3.63, 3.8) is 0 Å². The largest absolute Gasteiger partial charge is 0.510 e. The van der Waals surface area contributed by atoms with E-state index in [1.54, 1.807) is 27.7 Å². The van der Waals surface area contributed by atoms with Crippen LogP contribution in [0, 0.1) is 0 Å². The third-order valence-electron chi connectivity index (χ3n) is 2.01. The Kier molecular flexibility index (Phi) is 3.27. The Morgan fingerprint density at radius 2 is 2.00 bits per heavy atom.